The summed E-state index contributed by atoms with van der Waals surface area (Å²) in [6, 6.07) is 8.27. The summed E-state index contributed by atoms with van der Waals surface area (Å²) in [6.07, 6.45) is 5.20. The number of carbonyl (C=O) groups is 1. The average molecular weight is 389 g/mol. The Bertz CT molecular complexity index is 790. The summed E-state index contributed by atoms with van der Waals surface area (Å²) < 4.78 is 15.6. The lowest BCUT2D eigenvalue weighted by atomic mass is 10.2. The number of hydrogen-bond donors (Lipinski definition) is 1. The number of benzene rings is 1. The SMILES string of the molecule is CCCCNC(=S)N(C)/N=C\c1ccc(OC(=O)c2ccco2)c(OC)c1. The van der Waals surface area contributed by atoms with E-state index < -0.39 is 5.97 Å². The molecule has 0 aliphatic carbocycles. The van der Waals surface area contributed by atoms with Gasteiger partial charge in [0.15, 0.2) is 16.6 Å². The third-order valence-corrected chi connectivity index (χ3v) is 4.00. The summed E-state index contributed by atoms with van der Waals surface area (Å²) in [5.41, 5.74) is 0.771. The Morgan fingerprint density at radius 2 is 2.19 bits per heavy atom. The van der Waals surface area contributed by atoms with Gasteiger partial charge in [-0.25, -0.2) is 9.80 Å². The summed E-state index contributed by atoms with van der Waals surface area (Å²) in [7, 11) is 3.27. The molecule has 0 amide bonds. The van der Waals surface area contributed by atoms with Gasteiger partial charge >= 0.3 is 5.97 Å². The second-order valence-electron chi connectivity index (χ2n) is 5.63. The fourth-order valence-electron chi connectivity index (χ4n) is 2.09. The standard InChI is InChI=1S/C19H23N3O4S/c1-4-5-10-20-19(27)22(2)21-13-14-8-9-15(17(12-14)24-3)26-18(23)16-7-6-11-25-16/h6-9,11-13H,4-5,10H2,1-3H3,(H,20,27)/b21-13-. The number of furan rings is 1. The average Bonchev–Trinajstić information content (AvgIpc) is 3.21. The van der Waals surface area contributed by atoms with Crippen molar-refractivity contribution in [1.82, 2.24) is 10.3 Å². The van der Waals surface area contributed by atoms with Crippen LogP contribution < -0.4 is 14.8 Å². The third-order valence-electron chi connectivity index (χ3n) is 3.59. The van der Waals surface area contributed by atoms with Crippen LogP contribution in [0, 0.1) is 0 Å². The topological polar surface area (TPSA) is 76.3 Å². The molecule has 0 spiro atoms. The van der Waals surface area contributed by atoms with E-state index in [1.165, 1.54) is 19.4 Å². The highest BCUT2D eigenvalue weighted by Gasteiger charge is 2.14. The molecule has 0 aliphatic rings. The summed E-state index contributed by atoms with van der Waals surface area (Å²) in [6.45, 7) is 2.94. The summed E-state index contributed by atoms with van der Waals surface area (Å²) in [5, 5.41) is 9.58. The number of methoxy groups -OCH3 is 1. The highest BCUT2D eigenvalue weighted by Crippen LogP contribution is 2.28. The Kier molecular flexibility index (Phi) is 7.81. The first kappa shape index (κ1) is 20.4. The number of nitrogens with one attached hydrogen (secondary N) is 1. The summed E-state index contributed by atoms with van der Waals surface area (Å²) >= 11 is 5.27. The first-order valence-corrected chi connectivity index (χ1v) is 8.95. The van der Waals surface area contributed by atoms with E-state index in [0.717, 1.165) is 24.9 Å². The van der Waals surface area contributed by atoms with E-state index >= 15 is 0 Å². The maximum absolute atomic E-state index is 12.0. The van der Waals surface area contributed by atoms with Gasteiger partial charge in [0, 0.05) is 13.6 Å². The molecule has 2 aromatic rings. The molecule has 0 saturated heterocycles. The molecule has 0 fully saturated rings. The first-order chi connectivity index (χ1) is 13.0. The molecule has 1 heterocycles. The molecule has 2 rings (SSSR count). The number of hydrogen-bond acceptors (Lipinski definition) is 6. The minimum absolute atomic E-state index is 0.119. The zero-order valence-corrected chi connectivity index (χ0v) is 16.4. The third kappa shape index (κ3) is 6.10. The van der Waals surface area contributed by atoms with Crippen LogP contribution in [0.5, 0.6) is 11.5 Å². The molecule has 7 nitrogen and oxygen atoms in total. The van der Waals surface area contributed by atoms with Gasteiger partial charge in [-0.1, -0.05) is 13.3 Å². The van der Waals surface area contributed by atoms with E-state index in [2.05, 4.69) is 17.3 Å². The minimum Gasteiger partial charge on any atom is -0.493 e. The highest BCUT2D eigenvalue weighted by atomic mass is 32.1. The molecule has 0 bridgehead atoms. The van der Waals surface area contributed by atoms with Crippen molar-refractivity contribution in [3.05, 3.63) is 47.9 Å². The molecule has 1 aromatic heterocycles. The molecule has 8 heteroatoms. The maximum atomic E-state index is 12.0. The molecule has 27 heavy (non-hydrogen) atoms. The van der Waals surface area contributed by atoms with Gasteiger partial charge in [-0.15, -0.1) is 0 Å². The molecule has 1 aromatic carbocycles. The van der Waals surface area contributed by atoms with Crippen LogP contribution in [-0.4, -0.2) is 43.0 Å². The quantitative estimate of drug-likeness (QED) is 0.185. The maximum Gasteiger partial charge on any atom is 0.379 e. The van der Waals surface area contributed by atoms with Crippen molar-refractivity contribution >= 4 is 29.5 Å². The molecule has 0 saturated carbocycles. The number of unbranched alkanes of at least 4 members (excludes halogenated alkanes) is 1. The van der Waals surface area contributed by atoms with E-state index in [0.29, 0.717) is 16.6 Å². The zero-order chi connectivity index (χ0) is 19.6. The van der Waals surface area contributed by atoms with E-state index in [1.807, 2.05) is 0 Å². The smallest absolute Gasteiger partial charge is 0.379 e. The Hall–Kier alpha value is -2.87. The van der Waals surface area contributed by atoms with Crippen LogP contribution in [0.15, 0.2) is 46.1 Å². The van der Waals surface area contributed by atoms with Gasteiger partial charge in [-0.3, -0.25) is 0 Å². The number of nitrogens with zero attached hydrogens (tertiary/aromatic N) is 2. The van der Waals surface area contributed by atoms with Gasteiger partial charge in [0.2, 0.25) is 5.76 Å². The number of ether oxygens (including phenoxy) is 2. The van der Waals surface area contributed by atoms with E-state index in [1.54, 1.807) is 42.5 Å². The van der Waals surface area contributed by atoms with Crippen molar-refractivity contribution in [1.29, 1.82) is 0 Å². The largest absolute Gasteiger partial charge is 0.493 e. The Morgan fingerprint density at radius 1 is 1.37 bits per heavy atom. The second kappa shape index (κ2) is 10.3. The first-order valence-electron chi connectivity index (χ1n) is 8.54. The van der Waals surface area contributed by atoms with Crippen molar-refractivity contribution < 1.29 is 18.7 Å². The van der Waals surface area contributed by atoms with Gasteiger partial charge in [0.25, 0.3) is 0 Å². The van der Waals surface area contributed by atoms with Crippen molar-refractivity contribution in [2.24, 2.45) is 5.10 Å². The van der Waals surface area contributed by atoms with Gasteiger partial charge in [0.1, 0.15) is 0 Å². The lowest BCUT2D eigenvalue weighted by molar-refractivity contribution is 0.0696. The zero-order valence-electron chi connectivity index (χ0n) is 15.6. The van der Waals surface area contributed by atoms with Gasteiger partial charge < -0.3 is 19.2 Å². The van der Waals surface area contributed by atoms with Crippen LogP contribution in [-0.2, 0) is 0 Å². The fourth-order valence-corrected chi connectivity index (χ4v) is 2.24. The summed E-state index contributed by atoms with van der Waals surface area (Å²) in [5.74, 6) is 0.225. The molecular weight excluding hydrogens is 366 g/mol. The van der Waals surface area contributed by atoms with Crippen LogP contribution in [0.4, 0.5) is 0 Å². The minimum atomic E-state index is -0.594. The molecule has 0 unspecified atom stereocenters. The predicted octanol–water partition coefficient (Wildman–Crippen LogP) is 3.45. The number of rotatable bonds is 8. The molecule has 1 N–H and O–H groups in total. The molecular formula is C19H23N3O4S. The Labute approximate surface area is 163 Å². The molecule has 0 radical (unpaired) electrons. The fraction of sp³-hybridized carbons (Fsp3) is 0.316. The lowest BCUT2D eigenvalue weighted by Gasteiger charge is -2.15. The monoisotopic (exact) mass is 389 g/mol. The normalized spacial score (nSPS) is 10.6. The lowest BCUT2D eigenvalue weighted by Crippen LogP contribution is -2.34. The van der Waals surface area contributed by atoms with E-state index in [9.17, 15) is 4.79 Å². The van der Waals surface area contributed by atoms with Gasteiger partial charge in [-0.05, 0) is 54.5 Å². The van der Waals surface area contributed by atoms with Crippen molar-refractivity contribution in [3.8, 4) is 11.5 Å². The molecule has 0 atom stereocenters. The number of esters is 1. The molecule has 0 aliphatic heterocycles. The van der Waals surface area contributed by atoms with Gasteiger partial charge in [-0.2, -0.15) is 5.10 Å². The Morgan fingerprint density at radius 3 is 2.85 bits per heavy atom. The van der Waals surface area contributed by atoms with Crippen LogP contribution >= 0.6 is 12.2 Å². The van der Waals surface area contributed by atoms with Gasteiger partial charge in [0.05, 0.1) is 19.6 Å². The number of hydrazone groups is 1. The van der Waals surface area contributed by atoms with Crippen LogP contribution in [0.25, 0.3) is 0 Å². The second-order valence-corrected chi connectivity index (χ2v) is 6.02. The van der Waals surface area contributed by atoms with Crippen LogP contribution in [0.1, 0.15) is 35.9 Å². The summed E-state index contributed by atoms with van der Waals surface area (Å²) in [4.78, 5) is 12.0. The molecule has 144 valence electrons. The highest BCUT2D eigenvalue weighted by molar-refractivity contribution is 7.80. The van der Waals surface area contributed by atoms with E-state index in [-0.39, 0.29) is 5.76 Å². The van der Waals surface area contributed by atoms with Crippen molar-refractivity contribution in [2.75, 3.05) is 20.7 Å². The Balaban J connectivity index is 2.02. The van der Waals surface area contributed by atoms with Crippen LogP contribution in [0.3, 0.4) is 0 Å². The predicted molar refractivity (Wildman–Crippen MR) is 108 cm³/mol. The van der Waals surface area contributed by atoms with Crippen LogP contribution in [0.2, 0.25) is 0 Å². The number of carbonyl (C=O) groups excluding carboxylic acids is 1. The van der Waals surface area contributed by atoms with Crippen molar-refractivity contribution in [2.45, 2.75) is 19.8 Å². The number of thiocarbonyl (C=S) groups is 1. The van der Waals surface area contributed by atoms with Crippen molar-refractivity contribution in [3.63, 3.8) is 0 Å². The van der Waals surface area contributed by atoms with E-state index in [4.69, 9.17) is 26.1 Å².